The zero-order chi connectivity index (χ0) is 14.4. The van der Waals surface area contributed by atoms with Crippen LogP contribution in [0.3, 0.4) is 0 Å². The first kappa shape index (κ1) is 15.4. The lowest BCUT2D eigenvalue weighted by Gasteiger charge is -2.15. The second-order valence-corrected chi connectivity index (χ2v) is 5.24. The Bertz CT molecular complexity index is 433. The molecule has 5 heteroatoms. The van der Waals surface area contributed by atoms with Crippen molar-refractivity contribution in [2.24, 2.45) is 0 Å². The van der Waals surface area contributed by atoms with Gasteiger partial charge in [-0.15, -0.1) is 0 Å². The Kier molecular flexibility index (Phi) is 5.73. The molecule has 0 saturated heterocycles. The molecule has 0 aliphatic carbocycles. The first-order chi connectivity index (χ1) is 8.88. The van der Waals surface area contributed by atoms with Crippen LogP contribution in [0.5, 0.6) is 0 Å². The van der Waals surface area contributed by atoms with E-state index in [0.717, 1.165) is 23.8 Å². The van der Waals surface area contributed by atoms with Gasteiger partial charge in [-0.05, 0) is 26.7 Å². The lowest BCUT2D eigenvalue weighted by atomic mass is 10.1. The van der Waals surface area contributed by atoms with Gasteiger partial charge in [-0.1, -0.05) is 13.8 Å². The molecular formula is C14H23N3O2. The fourth-order valence-electron chi connectivity index (χ4n) is 1.81. The lowest BCUT2D eigenvalue weighted by molar-refractivity contribution is -0.137. The molecule has 0 aromatic carbocycles. The van der Waals surface area contributed by atoms with E-state index < -0.39 is 5.97 Å². The third-order valence-electron chi connectivity index (χ3n) is 2.81. The van der Waals surface area contributed by atoms with E-state index in [4.69, 9.17) is 5.11 Å². The molecule has 0 spiro atoms. The van der Waals surface area contributed by atoms with Gasteiger partial charge in [0.05, 0.1) is 0 Å². The van der Waals surface area contributed by atoms with Crippen LogP contribution in [0.25, 0.3) is 0 Å². The van der Waals surface area contributed by atoms with Crippen LogP contribution in [0.4, 0.5) is 5.82 Å². The Labute approximate surface area is 114 Å². The highest BCUT2D eigenvalue weighted by Crippen LogP contribution is 2.15. The molecule has 19 heavy (non-hydrogen) atoms. The van der Waals surface area contributed by atoms with E-state index in [-0.39, 0.29) is 12.5 Å². The minimum atomic E-state index is -0.743. The van der Waals surface area contributed by atoms with Crippen molar-refractivity contribution in [2.45, 2.75) is 58.9 Å². The lowest BCUT2D eigenvalue weighted by Crippen LogP contribution is -2.17. The summed E-state index contributed by atoms with van der Waals surface area (Å²) < 4.78 is 0. The molecule has 1 atom stereocenters. The van der Waals surface area contributed by atoms with Gasteiger partial charge in [-0.25, -0.2) is 9.97 Å². The number of aromatic nitrogens is 2. The predicted molar refractivity (Wildman–Crippen MR) is 75.4 cm³/mol. The van der Waals surface area contributed by atoms with E-state index in [2.05, 4.69) is 29.1 Å². The number of nitrogens with one attached hydrogen (secondary N) is 1. The van der Waals surface area contributed by atoms with Crippen molar-refractivity contribution < 1.29 is 9.90 Å². The van der Waals surface area contributed by atoms with Crippen LogP contribution < -0.4 is 5.32 Å². The van der Waals surface area contributed by atoms with Crippen LogP contribution in [0.15, 0.2) is 6.07 Å². The predicted octanol–water partition coefficient (Wildman–Crippen LogP) is 2.96. The summed E-state index contributed by atoms with van der Waals surface area (Å²) in [4.78, 5) is 19.3. The van der Waals surface area contributed by atoms with Crippen LogP contribution >= 0.6 is 0 Å². The quantitative estimate of drug-likeness (QED) is 0.792. The number of anilines is 1. The van der Waals surface area contributed by atoms with Crippen molar-refractivity contribution in [1.29, 1.82) is 0 Å². The molecule has 0 bridgehead atoms. The second kappa shape index (κ2) is 7.07. The highest BCUT2D eigenvalue weighted by atomic mass is 16.4. The summed E-state index contributed by atoms with van der Waals surface area (Å²) >= 11 is 0. The van der Waals surface area contributed by atoms with Crippen molar-refractivity contribution in [1.82, 2.24) is 9.97 Å². The van der Waals surface area contributed by atoms with Crippen LogP contribution in [0.1, 0.15) is 57.5 Å². The van der Waals surface area contributed by atoms with Gasteiger partial charge in [0.1, 0.15) is 11.6 Å². The van der Waals surface area contributed by atoms with Gasteiger partial charge in [0.2, 0.25) is 0 Å². The summed E-state index contributed by atoms with van der Waals surface area (Å²) in [5.74, 6) is 1.20. The zero-order valence-electron chi connectivity index (χ0n) is 12.1. The molecule has 0 aliphatic rings. The molecule has 1 unspecified atom stereocenters. The first-order valence-electron chi connectivity index (χ1n) is 6.72. The molecule has 0 saturated carbocycles. The Morgan fingerprint density at radius 2 is 2.05 bits per heavy atom. The molecule has 0 fully saturated rings. The third kappa shape index (κ3) is 5.68. The maximum atomic E-state index is 10.5. The number of carboxylic acids is 1. The number of carboxylic acid groups (broad SMARTS) is 1. The van der Waals surface area contributed by atoms with Crippen molar-refractivity contribution >= 4 is 11.8 Å². The molecule has 1 aromatic rings. The number of aryl methyl sites for hydroxylation is 1. The Balaban J connectivity index is 2.58. The molecule has 1 rings (SSSR count). The number of hydrogen-bond donors (Lipinski definition) is 2. The second-order valence-electron chi connectivity index (χ2n) is 5.24. The SMILES string of the molecule is Cc1cc(NC(C)CCCC(=O)O)nc(C(C)C)n1. The topological polar surface area (TPSA) is 75.1 Å². The van der Waals surface area contributed by atoms with Crippen molar-refractivity contribution in [2.75, 3.05) is 5.32 Å². The summed E-state index contributed by atoms with van der Waals surface area (Å²) in [5, 5.41) is 11.9. The normalized spacial score (nSPS) is 12.5. The molecule has 1 heterocycles. The minimum Gasteiger partial charge on any atom is -0.481 e. The van der Waals surface area contributed by atoms with Crippen LogP contribution in [-0.2, 0) is 4.79 Å². The highest BCUT2D eigenvalue weighted by molar-refractivity contribution is 5.66. The number of nitrogens with zero attached hydrogens (tertiary/aromatic N) is 2. The maximum Gasteiger partial charge on any atom is 0.303 e. The van der Waals surface area contributed by atoms with Crippen molar-refractivity contribution in [3.8, 4) is 0 Å². The van der Waals surface area contributed by atoms with Gasteiger partial charge in [-0.3, -0.25) is 4.79 Å². The van der Waals surface area contributed by atoms with E-state index in [1.165, 1.54) is 0 Å². The van der Waals surface area contributed by atoms with E-state index in [1.54, 1.807) is 0 Å². The van der Waals surface area contributed by atoms with Crippen molar-refractivity contribution in [3.05, 3.63) is 17.6 Å². The average molecular weight is 265 g/mol. The smallest absolute Gasteiger partial charge is 0.303 e. The summed E-state index contributed by atoms with van der Waals surface area (Å²) in [7, 11) is 0. The third-order valence-corrected chi connectivity index (χ3v) is 2.81. The summed E-state index contributed by atoms with van der Waals surface area (Å²) in [5.41, 5.74) is 0.943. The molecule has 2 N–H and O–H groups in total. The van der Waals surface area contributed by atoms with E-state index >= 15 is 0 Å². The van der Waals surface area contributed by atoms with Crippen LogP contribution in [-0.4, -0.2) is 27.1 Å². The highest BCUT2D eigenvalue weighted by Gasteiger charge is 2.09. The van der Waals surface area contributed by atoms with E-state index in [9.17, 15) is 4.79 Å². The largest absolute Gasteiger partial charge is 0.481 e. The fourth-order valence-corrected chi connectivity index (χ4v) is 1.81. The molecule has 0 radical (unpaired) electrons. The molecule has 0 amide bonds. The number of carbonyl (C=O) groups is 1. The van der Waals surface area contributed by atoms with Crippen LogP contribution in [0, 0.1) is 6.92 Å². The molecule has 1 aromatic heterocycles. The van der Waals surface area contributed by atoms with Gasteiger partial charge in [0, 0.05) is 30.1 Å². The number of rotatable bonds is 7. The Hall–Kier alpha value is -1.65. The number of hydrogen-bond acceptors (Lipinski definition) is 4. The van der Waals surface area contributed by atoms with Crippen LogP contribution in [0.2, 0.25) is 0 Å². The van der Waals surface area contributed by atoms with Gasteiger partial charge < -0.3 is 10.4 Å². The Morgan fingerprint density at radius 1 is 1.37 bits per heavy atom. The molecule has 5 nitrogen and oxygen atoms in total. The Morgan fingerprint density at radius 3 is 2.63 bits per heavy atom. The zero-order valence-corrected chi connectivity index (χ0v) is 12.1. The summed E-state index contributed by atoms with van der Waals surface area (Å²) in [6.07, 6.45) is 1.70. The monoisotopic (exact) mass is 265 g/mol. The maximum absolute atomic E-state index is 10.5. The standard InChI is InChI=1S/C14H23N3O2/c1-9(2)14-16-11(4)8-12(17-14)15-10(3)6-5-7-13(18)19/h8-10H,5-7H2,1-4H3,(H,18,19)(H,15,16,17). The van der Waals surface area contributed by atoms with E-state index in [1.807, 2.05) is 19.9 Å². The average Bonchev–Trinajstić information content (AvgIpc) is 2.27. The fraction of sp³-hybridized carbons (Fsp3) is 0.643. The van der Waals surface area contributed by atoms with Gasteiger partial charge in [-0.2, -0.15) is 0 Å². The summed E-state index contributed by atoms with van der Waals surface area (Å²) in [6.45, 7) is 8.12. The van der Waals surface area contributed by atoms with Gasteiger partial charge >= 0.3 is 5.97 Å². The van der Waals surface area contributed by atoms with Gasteiger partial charge in [0.15, 0.2) is 0 Å². The first-order valence-corrected chi connectivity index (χ1v) is 6.72. The summed E-state index contributed by atoms with van der Waals surface area (Å²) in [6, 6.07) is 2.12. The molecule has 0 aliphatic heterocycles. The van der Waals surface area contributed by atoms with Gasteiger partial charge in [0.25, 0.3) is 0 Å². The number of aliphatic carboxylic acids is 1. The van der Waals surface area contributed by atoms with Crippen molar-refractivity contribution in [3.63, 3.8) is 0 Å². The molecule has 106 valence electrons. The minimum absolute atomic E-state index is 0.202. The van der Waals surface area contributed by atoms with E-state index in [0.29, 0.717) is 12.3 Å². The molecular weight excluding hydrogens is 242 g/mol.